The SMILES string of the molecule is CCC(C)O[Si](CCC(F)(F)C(F)(F)C(F)(F)C(F)(F)C(F)(F)C(F)(F)C(F)(F)C(F)(F)F)(OC(C)CC)OC(C)CC. The fourth-order valence-electron chi connectivity index (χ4n) is 3.09. The van der Waals surface area contributed by atoms with E-state index in [2.05, 4.69) is 0 Å². The van der Waals surface area contributed by atoms with Crippen LogP contribution in [0.2, 0.25) is 6.04 Å². The van der Waals surface area contributed by atoms with E-state index in [1.54, 1.807) is 0 Å². The predicted molar refractivity (Wildman–Crippen MR) is 118 cm³/mol. The van der Waals surface area contributed by atoms with Crippen molar-refractivity contribution in [1.82, 2.24) is 0 Å². The first-order chi connectivity index (χ1) is 18.8. The molecule has 0 saturated carbocycles. The Bertz CT molecular complexity index is 863. The van der Waals surface area contributed by atoms with Gasteiger partial charge in [0.15, 0.2) is 0 Å². The maximum atomic E-state index is 14.7. The van der Waals surface area contributed by atoms with Crippen molar-refractivity contribution in [2.45, 2.75) is 139 Å². The van der Waals surface area contributed by atoms with E-state index in [0.717, 1.165) is 0 Å². The molecule has 0 fully saturated rings. The van der Waals surface area contributed by atoms with Crippen molar-refractivity contribution in [3.63, 3.8) is 0 Å². The summed E-state index contributed by atoms with van der Waals surface area (Å²) in [7, 11) is -4.69. The Kier molecular flexibility index (Phi) is 13.0. The van der Waals surface area contributed by atoms with Gasteiger partial charge < -0.3 is 13.3 Å². The minimum absolute atomic E-state index is 0.102. The van der Waals surface area contributed by atoms with Crippen LogP contribution in [0.1, 0.15) is 67.2 Å². The van der Waals surface area contributed by atoms with Gasteiger partial charge >= 0.3 is 56.4 Å². The fourth-order valence-corrected chi connectivity index (χ4v) is 6.57. The summed E-state index contributed by atoms with van der Waals surface area (Å²) in [6.45, 7) is 8.42. The molecule has 0 N–H and O–H groups in total. The van der Waals surface area contributed by atoms with Gasteiger partial charge in [0.25, 0.3) is 0 Å². The molecule has 3 unspecified atom stereocenters. The predicted octanol–water partition coefficient (Wildman–Crippen LogP) is 9.77. The Hall–Kier alpha value is -1.09. The van der Waals surface area contributed by atoms with Crippen molar-refractivity contribution in [2.75, 3.05) is 0 Å². The fraction of sp³-hybridized carbons (Fsp3) is 1.00. The van der Waals surface area contributed by atoms with Gasteiger partial charge in [0, 0.05) is 30.8 Å². The van der Waals surface area contributed by atoms with Crippen molar-refractivity contribution in [3.8, 4) is 0 Å². The normalized spacial score (nSPS) is 18.8. The monoisotopic (exact) mass is 694 g/mol. The van der Waals surface area contributed by atoms with Crippen LogP contribution in [-0.2, 0) is 13.3 Å². The quantitative estimate of drug-likeness (QED) is 0.106. The molecule has 0 rings (SSSR count). The number of halogens is 17. The first-order valence-electron chi connectivity index (χ1n) is 12.6. The number of rotatable bonds is 18. The molecule has 0 spiro atoms. The molecule has 0 aliphatic heterocycles. The zero-order valence-corrected chi connectivity index (χ0v) is 24.4. The van der Waals surface area contributed by atoms with Crippen LogP contribution < -0.4 is 0 Å². The molecule has 3 nitrogen and oxygen atoms in total. The van der Waals surface area contributed by atoms with Gasteiger partial charge in [-0.3, -0.25) is 0 Å². The van der Waals surface area contributed by atoms with Crippen LogP contribution in [0.25, 0.3) is 0 Å². The van der Waals surface area contributed by atoms with Gasteiger partial charge in [0.05, 0.1) is 0 Å². The molecular weight excluding hydrogens is 663 g/mol. The largest absolute Gasteiger partial charge is 0.501 e. The zero-order valence-electron chi connectivity index (χ0n) is 23.4. The van der Waals surface area contributed by atoms with Gasteiger partial charge in [-0.25, -0.2) is 0 Å². The topological polar surface area (TPSA) is 27.7 Å². The van der Waals surface area contributed by atoms with Crippen molar-refractivity contribution < 1.29 is 87.9 Å². The van der Waals surface area contributed by atoms with Crippen molar-refractivity contribution >= 4 is 8.80 Å². The molecule has 0 aliphatic rings. The van der Waals surface area contributed by atoms with Crippen LogP contribution in [0, 0.1) is 0 Å². The molecule has 0 heterocycles. The third-order valence-corrected chi connectivity index (χ3v) is 9.55. The van der Waals surface area contributed by atoms with E-state index < -0.39 is 87.2 Å². The Morgan fingerprint density at radius 2 is 0.698 bits per heavy atom. The van der Waals surface area contributed by atoms with Gasteiger partial charge in [0.2, 0.25) is 0 Å². The second-order valence-corrected chi connectivity index (χ2v) is 12.4. The average molecular weight is 695 g/mol. The van der Waals surface area contributed by atoms with Gasteiger partial charge in [-0.1, -0.05) is 20.8 Å². The summed E-state index contributed by atoms with van der Waals surface area (Å²) in [5.41, 5.74) is 0. The minimum Gasteiger partial charge on any atom is -0.371 e. The highest BCUT2D eigenvalue weighted by molar-refractivity contribution is 6.60. The van der Waals surface area contributed by atoms with Crippen LogP contribution >= 0.6 is 0 Å². The minimum atomic E-state index is -8.67. The molecular formula is C22H31F17O3Si. The highest BCUT2D eigenvalue weighted by Gasteiger charge is 2.95. The first kappa shape index (κ1) is 41.9. The first-order valence-corrected chi connectivity index (χ1v) is 14.5. The van der Waals surface area contributed by atoms with Gasteiger partial charge in [-0.2, -0.15) is 74.6 Å². The standard InChI is InChI=1S/C22H31F17O3Si/c1-7-12(4)40-43(41-13(5)8-2,42-14(6)9-3)11-10-15(23,24)16(25,26)17(27,28)18(29,30)19(31,32)20(33,34)21(35,36)22(37,38)39/h12-14H,7-11H2,1-6H3. The van der Waals surface area contributed by atoms with Crippen LogP contribution in [0.15, 0.2) is 0 Å². The van der Waals surface area contributed by atoms with Gasteiger partial charge in [0.1, 0.15) is 0 Å². The van der Waals surface area contributed by atoms with Crippen molar-refractivity contribution in [2.24, 2.45) is 0 Å². The Balaban J connectivity index is 6.84. The second-order valence-electron chi connectivity index (χ2n) is 9.84. The lowest BCUT2D eigenvalue weighted by atomic mass is 9.88. The maximum Gasteiger partial charge on any atom is 0.501 e. The highest BCUT2D eigenvalue weighted by Crippen LogP contribution is 2.64. The molecule has 260 valence electrons. The summed E-state index contributed by atoms with van der Waals surface area (Å²) in [5, 5.41) is 0. The Morgan fingerprint density at radius 1 is 0.442 bits per heavy atom. The summed E-state index contributed by atoms with van der Waals surface area (Å²) in [6.07, 6.45) is -13.0. The molecule has 0 amide bonds. The van der Waals surface area contributed by atoms with Crippen molar-refractivity contribution in [1.29, 1.82) is 0 Å². The lowest BCUT2D eigenvalue weighted by Crippen LogP contribution is -2.74. The zero-order chi connectivity index (χ0) is 34.9. The molecule has 0 aromatic rings. The maximum absolute atomic E-state index is 14.7. The molecule has 0 saturated heterocycles. The number of hydrogen-bond donors (Lipinski definition) is 0. The lowest BCUT2D eigenvalue weighted by Gasteiger charge is -2.43. The van der Waals surface area contributed by atoms with E-state index in [9.17, 15) is 74.6 Å². The molecule has 21 heteroatoms. The highest BCUT2D eigenvalue weighted by atomic mass is 28.4. The molecule has 43 heavy (non-hydrogen) atoms. The van der Waals surface area contributed by atoms with Crippen LogP contribution in [0.4, 0.5) is 74.6 Å². The lowest BCUT2D eigenvalue weighted by molar-refractivity contribution is -0.461. The smallest absolute Gasteiger partial charge is 0.371 e. The molecule has 0 aliphatic carbocycles. The molecule has 0 aromatic carbocycles. The van der Waals surface area contributed by atoms with Crippen LogP contribution in [0.3, 0.4) is 0 Å². The van der Waals surface area contributed by atoms with E-state index in [-0.39, 0.29) is 19.3 Å². The van der Waals surface area contributed by atoms with E-state index in [1.807, 2.05) is 0 Å². The number of hydrogen-bond acceptors (Lipinski definition) is 3. The van der Waals surface area contributed by atoms with E-state index in [4.69, 9.17) is 13.3 Å². The Labute approximate surface area is 236 Å². The molecule has 0 aromatic heterocycles. The van der Waals surface area contributed by atoms with Crippen LogP contribution in [0.5, 0.6) is 0 Å². The van der Waals surface area contributed by atoms with E-state index >= 15 is 0 Å². The van der Waals surface area contributed by atoms with Crippen molar-refractivity contribution in [3.05, 3.63) is 0 Å². The van der Waals surface area contributed by atoms with Gasteiger partial charge in [-0.15, -0.1) is 0 Å². The second kappa shape index (κ2) is 13.3. The summed E-state index contributed by atoms with van der Waals surface area (Å²) in [4.78, 5) is 0. The van der Waals surface area contributed by atoms with E-state index in [1.165, 1.54) is 41.5 Å². The molecule has 3 atom stereocenters. The summed E-state index contributed by atoms with van der Waals surface area (Å²) >= 11 is 0. The number of alkyl halides is 17. The van der Waals surface area contributed by atoms with Crippen LogP contribution in [-0.4, -0.2) is 74.8 Å². The Morgan fingerprint density at radius 3 is 0.953 bits per heavy atom. The molecule has 0 radical (unpaired) electrons. The average Bonchev–Trinajstić information content (AvgIpc) is 2.85. The third-order valence-electron chi connectivity index (χ3n) is 6.40. The third kappa shape index (κ3) is 7.66. The molecule has 0 bridgehead atoms. The van der Waals surface area contributed by atoms with E-state index in [0.29, 0.717) is 0 Å². The summed E-state index contributed by atoms with van der Waals surface area (Å²) < 4.78 is 248. The summed E-state index contributed by atoms with van der Waals surface area (Å²) in [5.74, 6) is -56.7. The summed E-state index contributed by atoms with van der Waals surface area (Å²) in [6, 6.07) is -1.57. The van der Waals surface area contributed by atoms with Gasteiger partial charge in [-0.05, 0) is 40.0 Å².